The second kappa shape index (κ2) is 6.31. The van der Waals surface area contributed by atoms with Crippen LogP contribution in [0.15, 0.2) is 41.3 Å². The van der Waals surface area contributed by atoms with E-state index in [1.54, 1.807) is 18.3 Å². The average molecular weight is 372 g/mol. The lowest BCUT2D eigenvalue weighted by Gasteiger charge is -2.25. The van der Waals surface area contributed by atoms with Gasteiger partial charge in [0.2, 0.25) is 5.56 Å². The fourth-order valence-corrected chi connectivity index (χ4v) is 3.90. The van der Waals surface area contributed by atoms with Gasteiger partial charge in [0.15, 0.2) is 5.65 Å². The zero-order valence-electron chi connectivity index (χ0n) is 15.1. The van der Waals surface area contributed by atoms with Crippen molar-refractivity contribution in [2.75, 3.05) is 0 Å². The Morgan fingerprint density at radius 1 is 1.32 bits per heavy atom. The van der Waals surface area contributed by atoms with E-state index in [2.05, 4.69) is 15.9 Å². The standard InChI is InChI=1S/C22H17FN4O/c1-2-13-9-10-24-22-19(13)26-21(14-5-3-6-14)27(22)12-15-11-18(28)25-20-16(15)7-4-8-17(20)23/h1,4,7-11,14H,3,5-6,12H2,(H,25,28). The summed E-state index contributed by atoms with van der Waals surface area (Å²) in [5.74, 6) is 3.51. The summed E-state index contributed by atoms with van der Waals surface area (Å²) in [6, 6.07) is 8.10. The molecule has 1 N–H and O–H groups in total. The molecule has 3 aromatic heterocycles. The SMILES string of the molecule is C#Cc1ccnc2c1nc(C1CCC1)n2Cc1cc(=O)[nH]c2c(F)cccc12. The molecule has 0 radical (unpaired) electrons. The highest BCUT2D eigenvalue weighted by Crippen LogP contribution is 2.37. The van der Waals surface area contributed by atoms with Crippen LogP contribution in [0, 0.1) is 18.2 Å². The van der Waals surface area contributed by atoms with Crippen LogP contribution in [0.5, 0.6) is 0 Å². The second-order valence-electron chi connectivity index (χ2n) is 7.18. The van der Waals surface area contributed by atoms with E-state index >= 15 is 0 Å². The van der Waals surface area contributed by atoms with Crippen LogP contribution in [0.2, 0.25) is 0 Å². The summed E-state index contributed by atoms with van der Waals surface area (Å²) in [6.07, 6.45) is 10.6. The van der Waals surface area contributed by atoms with E-state index < -0.39 is 5.82 Å². The molecule has 0 bridgehead atoms. The number of imidazole rings is 1. The molecule has 28 heavy (non-hydrogen) atoms. The summed E-state index contributed by atoms with van der Waals surface area (Å²) in [7, 11) is 0. The van der Waals surface area contributed by atoms with Crippen LogP contribution in [0.3, 0.4) is 0 Å². The average Bonchev–Trinajstić information content (AvgIpc) is 2.99. The van der Waals surface area contributed by atoms with Gasteiger partial charge in [-0.15, -0.1) is 6.42 Å². The summed E-state index contributed by atoms with van der Waals surface area (Å²) in [5, 5.41) is 0.675. The second-order valence-corrected chi connectivity index (χ2v) is 7.18. The van der Waals surface area contributed by atoms with Crippen LogP contribution in [0.25, 0.3) is 22.1 Å². The first kappa shape index (κ1) is 16.7. The number of halogens is 1. The molecule has 5 nitrogen and oxygen atoms in total. The normalized spacial score (nSPS) is 14.3. The molecule has 1 saturated carbocycles. The van der Waals surface area contributed by atoms with Gasteiger partial charge in [-0.25, -0.2) is 14.4 Å². The Morgan fingerprint density at radius 3 is 2.93 bits per heavy atom. The van der Waals surface area contributed by atoms with Crippen molar-refractivity contribution in [3.8, 4) is 12.3 Å². The smallest absolute Gasteiger partial charge is 0.248 e. The topological polar surface area (TPSA) is 63.6 Å². The molecule has 1 aliphatic rings. The third-order valence-corrected chi connectivity index (χ3v) is 5.53. The van der Waals surface area contributed by atoms with Crippen LogP contribution in [-0.4, -0.2) is 19.5 Å². The summed E-state index contributed by atoms with van der Waals surface area (Å²) < 4.78 is 16.3. The van der Waals surface area contributed by atoms with Crippen molar-refractivity contribution in [2.45, 2.75) is 31.7 Å². The molecule has 0 amide bonds. The molecule has 6 heteroatoms. The first-order valence-electron chi connectivity index (χ1n) is 9.28. The van der Waals surface area contributed by atoms with E-state index in [-0.39, 0.29) is 11.1 Å². The van der Waals surface area contributed by atoms with Crippen molar-refractivity contribution in [3.63, 3.8) is 0 Å². The van der Waals surface area contributed by atoms with E-state index in [4.69, 9.17) is 11.4 Å². The predicted molar refractivity (Wildman–Crippen MR) is 106 cm³/mol. The molecule has 1 aliphatic carbocycles. The Bertz CT molecular complexity index is 1320. The third kappa shape index (κ3) is 2.51. The Kier molecular flexibility index (Phi) is 3.76. The predicted octanol–water partition coefficient (Wildman–Crippen LogP) is 3.71. The number of pyridine rings is 2. The van der Waals surface area contributed by atoms with Gasteiger partial charge in [0.05, 0.1) is 17.6 Å². The number of benzene rings is 1. The molecular weight excluding hydrogens is 355 g/mol. The van der Waals surface area contributed by atoms with Crippen molar-refractivity contribution in [3.05, 3.63) is 69.7 Å². The molecular formula is C22H17FN4O. The van der Waals surface area contributed by atoms with Gasteiger partial charge >= 0.3 is 0 Å². The lowest BCUT2D eigenvalue weighted by Crippen LogP contribution is -2.17. The summed E-state index contributed by atoms with van der Waals surface area (Å²) in [5.41, 5.74) is 2.71. The minimum atomic E-state index is -0.445. The number of hydrogen-bond acceptors (Lipinski definition) is 3. The number of aromatic nitrogens is 4. The molecule has 0 aliphatic heterocycles. The van der Waals surface area contributed by atoms with Crippen molar-refractivity contribution < 1.29 is 4.39 Å². The highest BCUT2D eigenvalue weighted by Gasteiger charge is 2.27. The number of nitrogens with one attached hydrogen (secondary N) is 1. The summed E-state index contributed by atoms with van der Waals surface area (Å²) in [6.45, 7) is 0.382. The van der Waals surface area contributed by atoms with Gasteiger partial charge in [0, 0.05) is 23.6 Å². The molecule has 0 atom stereocenters. The highest BCUT2D eigenvalue weighted by atomic mass is 19.1. The fraction of sp³-hybridized carbons (Fsp3) is 0.227. The number of para-hydroxylation sites is 1. The van der Waals surface area contributed by atoms with Gasteiger partial charge in [-0.05, 0) is 30.5 Å². The summed E-state index contributed by atoms with van der Waals surface area (Å²) in [4.78, 5) is 24.1. The third-order valence-electron chi connectivity index (χ3n) is 5.53. The first-order chi connectivity index (χ1) is 13.7. The number of aromatic amines is 1. The number of rotatable bonds is 3. The molecule has 1 aromatic carbocycles. The highest BCUT2D eigenvalue weighted by molar-refractivity contribution is 5.83. The van der Waals surface area contributed by atoms with Gasteiger partial charge < -0.3 is 9.55 Å². The Hall–Kier alpha value is -3.46. The molecule has 0 saturated heterocycles. The lowest BCUT2D eigenvalue weighted by molar-refractivity contribution is 0.391. The summed E-state index contributed by atoms with van der Waals surface area (Å²) >= 11 is 0. The quantitative estimate of drug-likeness (QED) is 0.558. The van der Waals surface area contributed by atoms with E-state index in [0.29, 0.717) is 34.6 Å². The van der Waals surface area contributed by atoms with E-state index in [1.807, 2.05) is 10.6 Å². The van der Waals surface area contributed by atoms with Crippen molar-refractivity contribution >= 4 is 22.1 Å². The maximum atomic E-state index is 14.2. The van der Waals surface area contributed by atoms with Crippen molar-refractivity contribution in [1.29, 1.82) is 0 Å². The molecule has 5 rings (SSSR count). The zero-order chi connectivity index (χ0) is 19.3. The maximum absolute atomic E-state index is 14.2. The Morgan fingerprint density at radius 2 is 2.18 bits per heavy atom. The van der Waals surface area contributed by atoms with E-state index in [1.165, 1.54) is 18.6 Å². The largest absolute Gasteiger partial charge is 0.319 e. The monoisotopic (exact) mass is 372 g/mol. The van der Waals surface area contributed by atoms with Crippen LogP contribution in [0.1, 0.15) is 42.1 Å². The number of hydrogen-bond donors (Lipinski definition) is 1. The minimum Gasteiger partial charge on any atom is -0.319 e. The zero-order valence-corrected chi connectivity index (χ0v) is 15.1. The van der Waals surface area contributed by atoms with E-state index in [0.717, 1.165) is 24.2 Å². The molecule has 4 aromatic rings. The van der Waals surface area contributed by atoms with Crippen LogP contribution >= 0.6 is 0 Å². The Balaban J connectivity index is 1.75. The first-order valence-corrected chi connectivity index (χ1v) is 9.28. The van der Waals surface area contributed by atoms with E-state index in [9.17, 15) is 9.18 Å². The van der Waals surface area contributed by atoms with Crippen LogP contribution in [0.4, 0.5) is 4.39 Å². The van der Waals surface area contributed by atoms with Gasteiger partial charge in [-0.3, -0.25) is 4.79 Å². The van der Waals surface area contributed by atoms with Crippen molar-refractivity contribution in [2.24, 2.45) is 0 Å². The molecule has 138 valence electrons. The molecule has 0 spiro atoms. The van der Waals surface area contributed by atoms with Gasteiger partial charge in [-0.1, -0.05) is 24.5 Å². The maximum Gasteiger partial charge on any atom is 0.248 e. The van der Waals surface area contributed by atoms with Gasteiger partial charge in [-0.2, -0.15) is 0 Å². The van der Waals surface area contributed by atoms with Crippen molar-refractivity contribution in [1.82, 2.24) is 19.5 Å². The Labute approximate surface area is 160 Å². The van der Waals surface area contributed by atoms with Gasteiger partial charge in [0.25, 0.3) is 0 Å². The molecule has 1 fully saturated rings. The number of H-pyrrole nitrogens is 1. The number of fused-ring (bicyclic) bond motifs is 2. The lowest BCUT2D eigenvalue weighted by atomic mass is 9.85. The van der Waals surface area contributed by atoms with Crippen LogP contribution in [-0.2, 0) is 6.54 Å². The van der Waals surface area contributed by atoms with Crippen LogP contribution < -0.4 is 5.56 Å². The number of terminal acetylenes is 1. The molecule has 0 unspecified atom stereocenters. The fourth-order valence-electron chi connectivity index (χ4n) is 3.90. The number of nitrogens with zero attached hydrogens (tertiary/aromatic N) is 3. The minimum absolute atomic E-state index is 0.219. The molecule has 3 heterocycles. The van der Waals surface area contributed by atoms with Gasteiger partial charge in [0.1, 0.15) is 17.2 Å².